The highest BCUT2D eigenvalue weighted by Gasteiger charge is 2.12. The Morgan fingerprint density at radius 2 is 1.94 bits per heavy atom. The van der Waals surface area contributed by atoms with Crippen LogP contribution >= 0.6 is 11.3 Å². The summed E-state index contributed by atoms with van der Waals surface area (Å²) >= 11 is 1.31. The molecule has 4 rings (SSSR count). The van der Waals surface area contributed by atoms with Crippen molar-refractivity contribution in [3.63, 3.8) is 0 Å². The smallest absolute Gasteiger partial charge is 0.291 e. The summed E-state index contributed by atoms with van der Waals surface area (Å²) in [6.07, 6.45) is 12.5. The zero-order chi connectivity index (χ0) is 23.0. The zero-order valence-electron chi connectivity index (χ0n) is 19.0. The van der Waals surface area contributed by atoms with Crippen LogP contribution in [0.4, 0.5) is 0 Å². The molecule has 7 nitrogen and oxygen atoms in total. The van der Waals surface area contributed by atoms with E-state index in [2.05, 4.69) is 22.0 Å². The summed E-state index contributed by atoms with van der Waals surface area (Å²) < 4.78 is 13.3. The normalized spacial score (nSPS) is 11.9. The largest absolute Gasteiger partial charge is 0.493 e. The van der Waals surface area contributed by atoms with Crippen LogP contribution in [0.15, 0.2) is 47.5 Å². The number of aromatic nitrogens is 4. The molecule has 3 aromatic heterocycles. The van der Waals surface area contributed by atoms with Gasteiger partial charge in [0.25, 0.3) is 5.56 Å². The highest BCUT2D eigenvalue weighted by atomic mass is 32.1. The Labute approximate surface area is 196 Å². The standard InChI is InChI=1S/C25H28N4O3S/c1-3-4-5-6-7-8-14-32-20-12-11-18(15-21(20)31-2)16-22-24(30)29-25(33-22)27-23(28-29)19-10-9-13-26-17-19/h9-13,15-17H,3-8,14H2,1-2H3/b22-16+. The van der Waals surface area contributed by atoms with Crippen molar-refractivity contribution < 1.29 is 9.47 Å². The van der Waals surface area contributed by atoms with Crippen LogP contribution in [0.3, 0.4) is 0 Å². The molecule has 172 valence electrons. The van der Waals surface area contributed by atoms with Gasteiger partial charge in [0, 0.05) is 18.0 Å². The first-order chi connectivity index (χ1) is 16.2. The first kappa shape index (κ1) is 22.9. The molecule has 8 heteroatoms. The van der Waals surface area contributed by atoms with Gasteiger partial charge in [-0.25, -0.2) is 0 Å². The maximum atomic E-state index is 12.8. The molecule has 0 N–H and O–H groups in total. The number of ether oxygens (including phenoxy) is 2. The lowest BCUT2D eigenvalue weighted by Gasteiger charge is -2.11. The molecule has 3 heterocycles. The molecule has 0 bridgehead atoms. The van der Waals surface area contributed by atoms with Crippen LogP contribution < -0.4 is 19.6 Å². The maximum absolute atomic E-state index is 12.8. The van der Waals surface area contributed by atoms with E-state index in [1.165, 1.54) is 48.0 Å². The zero-order valence-corrected chi connectivity index (χ0v) is 19.8. The Morgan fingerprint density at radius 3 is 2.70 bits per heavy atom. The van der Waals surface area contributed by atoms with E-state index in [1.54, 1.807) is 19.5 Å². The van der Waals surface area contributed by atoms with Crippen LogP contribution in [0, 0.1) is 0 Å². The molecule has 33 heavy (non-hydrogen) atoms. The number of hydrogen-bond acceptors (Lipinski definition) is 7. The second-order valence-corrected chi connectivity index (χ2v) is 8.82. The number of rotatable bonds is 11. The van der Waals surface area contributed by atoms with E-state index in [0.29, 0.717) is 33.4 Å². The average molecular weight is 465 g/mol. The molecule has 0 unspecified atom stereocenters. The van der Waals surface area contributed by atoms with Gasteiger partial charge in [-0.2, -0.15) is 9.50 Å². The van der Waals surface area contributed by atoms with Gasteiger partial charge in [-0.1, -0.05) is 56.4 Å². The van der Waals surface area contributed by atoms with Gasteiger partial charge in [0.05, 0.1) is 18.2 Å². The van der Waals surface area contributed by atoms with Crippen LogP contribution in [-0.2, 0) is 0 Å². The third-order valence-electron chi connectivity index (χ3n) is 5.34. The van der Waals surface area contributed by atoms with Crippen LogP contribution in [-0.4, -0.2) is 33.3 Å². The van der Waals surface area contributed by atoms with Crippen LogP contribution in [0.5, 0.6) is 11.5 Å². The number of thiazole rings is 1. The van der Waals surface area contributed by atoms with Crippen LogP contribution in [0.1, 0.15) is 51.0 Å². The summed E-state index contributed by atoms with van der Waals surface area (Å²) in [5.41, 5.74) is 1.44. The van der Waals surface area contributed by atoms with E-state index in [1.807, 2.05) is 36.4 Å². The number of unbranched alkanes of at least 4 members (excludes halogenated alkanes) is 5. The molecule has 4 aromatic rings. The lowest BCUT2D eigenvalue weighted by Crippen LogP contribution is -2.23. The first-order valence-corrected chi connectivity index (χ1v) is 12.1. The van der Waals surface area contributed by atoms with Gasteiger partial charge in [0.15, 0.2) is 17.3 Å². The van der Waals surface area contributed by atoms with Crippen molar-refractivity contribution in [3.8, 4) is 22.9 Å². The van der Waals surface area contributed by atoms with E-state index in [9.17, 15) is 4.79 Å². The third-order valence-corrected chi connectivity index (χ3v) is 6.30. The molecule has 0 atom stereocenters. The maximum Gasteiger partial charge on any atom is 0.291 e. The van der Waals surface area contributed by atoms with Gasteiger partial charge in [0.2, 0.25) is 4.96 Å². The lowest BCUT2D eigenvalue weighted by molar-refractivity contribution is 0.284. The Balaban J connectivity index is 1.47. The quantitative estimate of drug-likeness (QED) is 0.304. The van der Waals surface area contributed by atoms with E-state index in [0.717, 1.165) is 17.5 Å². The molecule has 0 saturated heterocycles. The Bertz CT molecular complexity index is 1300. The minimum Gasteiger partial charge on any atom is -0.493 e. The SMILES string of the molecule is CCCCCCCCOc1ccc(/C=c2/sc3nc(-c4cccnc4)nn3c2=O)cc1OC. The molecular formula is C25H28N4O3S. The molecule has 0 radical (unpaired) electrons. The molecular weight excluding hydrogens is 436 g/mol. The Hall–Kier alpha value is -3.26. The fourth-order valence-corrected chi connectivity index (χ4v) is 4.47. The number of nitrogens with zero attached hydrogens (tertiary/aromatic N) is 4. The second kappa shape index (κ2) is 11.0. The fraction of sp³-hybridized carbons (Fsp3) is 0.360. The van der Waals surface area contributed by atoms with E-state index < -0.39 is 0 Å². The second-order valence-electron chi connectivity index (χ2n) is 7.81. The first-order valence-electron chi connectivity index (χ1n) is 11.3. The van der Waals surface area contributed by atoms with E-state index in [-0.39, 0.29) is 5.56 Å². The predicted octanol–water partition coefficient (Wildman–Crippen LogP) is 4.51. The minimum absolute atomic E-state index is 0.194. The number of fused-ring (bicyclic) bond motifs is 1. The molecule has 0 fully saturated rings. The summed E-state index contributed by atoms with van der Waals surface area (Å²) in [6, 6.07) is 9.38. The van der Waals surface area contributed by atoms with Crippen molar-refractivity contribution in [2.75, 3.05) is 13.7 Å². The molecule has 0 aliphatic carbocycles. The number of pyridine rings is 1. The lowest BCUT2D eigenvalue weighted by atomic mass is 10.1. The van der Waals surface area contributed by atoms with Crippen LogP contribution in [0.25, 0.3) is 22.4 Å². The van der Waals surface area contributed by atoms with Gasteiger partial charge < -0.3 is 9.47 Å². The van der Waals surface area contributed by atoms with Crippen molar-refractivity contribution in [1.82, 2.24) is 19.6 Å². The third kappa shape index (κ3) is 5.57. The highest BCUT2D eigenvalue weighted by Crippen LogP contribution is 2.28. The van der Waals surface area contributed by atoms with Crippen molar-refractivity contribution in [2.24, 2.45) is 0 Å². The number of benzene rings is 1. The van der Waals surface area contributed by atoms with Gasteiger partial charge >= 0.3 is 0 Å². The molecule has 0 amide bonds. The minimum atomic E-state index is -0.194. The molecule has 1 aromatic carbocycles. The van der Waals surface area contributed by atoms with Crippen molar-refractivity contribution in [2.45, 2.75) is 45.4 Å². The van der Waals surface area contributed by atoms with Gasteiger partial charge in [-0.15, -0.1) is 5.10 Å². The number of methoxy groups -OCH3 is 1. The Kier molecular flexibility index (Phi) is 7.67. The monoisotopic (exact) mass is 464 g/mol. The Morgan fingerprint density at radius 1 is 1.09 bits per heavy atom. The topological polar surface area (TPSA) is 78.6 Å². The summed E-state index contributed by atoms with van der Waals surface area (Å²) in [5.74, 6) is 1.86. The number of hydrogen-bond donors (Lipinski definition) is 0. The van der Waals surface area contributed by atoms with Crippen molar-refractivity contribution >= 4 is 22.4 Å². The summed E-state index contributed by atoms with van der Waals surface area (Å²) in [7, 11) is 1.62. The summed E-state index contributed by atoms with van der Waals surface area (Å²) in [6.45, 7) is 2.89. The van der Waals surface area contributed by atoms with Crippen molar-refractivity contribution in [3.05, 3.63) is 63.2 Å². The summed E-state index contributed by atoms with van der Waals surface area (Å²) in [5, 5.41) is 4.36. The van der Waals surface area contributed by atoms with E-state index in [4.69, 9.17) is 9.47 Å². The van der Waals surface area contributed by atoms with Crippen LogP contribution in [0.2, 0.25) is 0 Å². The molecule has 0 saturated carbocycles. The van der Waals surface area contributed by atoms with Gasteiger partial charge in [0.1, 0.15) is 0 Å². The predicted molar refractivity (Wildman–Crippen MR) is 131 cm³/mol. The molecule has 0 aliphatic heterocycles. The summed E-state index contributed by atoms with van der Waals surface area (Å²) in [4.78, 5) is 22.0. The average Bonchev–Trinajstić information content (AvgIpc) is 3.39. The van der Waals surface area contributed by atoms with E-state index >= 15 is 0 Å². The van der Waals surface area contributed by atoms with Gasteiger partial charge in [-0.3, -0.25) is 9.78 Å². The van der Waals surface area contributed by atoms with Crippen molar-refractivity contribution in [1.29, 1.82) is 0 Å². The van der Waals surface area contributed by atoms with Gasteiger partial charge in [-0.05, 0) is 42.3 Å². The fourth-order valence-electron chi connectivity index (χ4n) is 3.56. The molecule has 0 spiro atoms. The molecule has 0 aliphatic rings. The highest BCUT2D eigenvalue weighted by molar-refractivity contribution is 7.15.